The van der Waals surface area contributed by atoms with Crippen LogP contribution in [0.5, 0.6) is 0 Å². The lowest BCUT2D eigenvalue weighted by Gasteiger charge is -2.04. The van der Waals surface area contributed by atoms with Crippen LogP contribution >= 0.6 is 0 Å². The zero-order valence-corrected chi connectivity index (χ0v) is 11.1. The van der Waals surface area contributed by atoms with Crippen molar-refractivity contribution in [2.45, 2.75) is 13.5 Å². The molecule has 4 heteroatoms. The number of fused-ring (bicyclic) bond motifs is 1. The third-order valence-electron chi connectivity index (χ3n) is 3.46. The number of nitrogens with two attached hydrogens (primary N) is 1. The topological polar surface area (TPSA) is 56.7 Å². The SMILES string of the molecule is Cc1ncccc1-c1nc2c(CN)cccc2n1C. The molecule has 0 spiro atoms. The average Bonchev–Trinajstić information content (AvgIpc) is 2.77. The summed E-state index contributed by atoms with van der Waals surface area (Å²) in [5.41, 5.74) is 11.0. The van der Waals surface area contributed by atoms with E-state index in [1.165, 1.54) is 0 Å². The van der Waals surface area contributed by atoms with E-state index in [4.69, 9.17) is 10.7 Å². The lowest BCUT2D eigenvalue weighted by atomic mass is 10.2. The van der Waals surface area contributed by atoms with Crippen LogP contribution in [0.3, 0.4) is 0 Å². The molecule has 0 fully saturated rings. The summed E-state index contributed by atoms with van der Waals surface area (Å²) in [5, 5.41) is 0. The van der Waals surface area contributed by atoms with E-state index in [0.29, 0.717) is 6.54 Å². The molecular weight excluding hydrogens is 236 g/mol. The Kier molecular flexibility index (Phi) is 2.80. The molecule has 1 aromatic carbocycles. The summed E-state index contributed by atoms with van der Waals surface area (Å²) >= 11 is 0. The van der Waals surface area contributed by atoms with Gasteiger partial charge in [0.1, 0.15) is 5.82 Å². The molecule has 0 aliphatic rings. The molecule has 0 bridgehead atoms. The number of nitrogens with zero attached hydrogens (tertiary/aromatic N) is 3. The van der Waals surface area contributed by atoms with Gasteiger partial charge in [-0.05, 0) is 30.7 Å². The molecule has 0 unspecified atom stereocenters. The van der Waals surface area contributed by atoms with E-state index in [1.54, 1.807) is 6.20 Å². The summed E-state index contributed by atoms with van der Waals surface area (Å²) < 4.78 is 2.10. The molecule has 0 saturated carbocycles. The van der Waals surface area contributed by atoms with Gasteiger partial charge in [0.2, 0.25) is 0 Å². The predicted octanol–water partition coefficient (Wildman–Crippen LogP) is 2.40. The van der Waals surface area contributed by atoms with Crippen LogP contribution in [0.2, 0.25) is 0 Å². The normalized spacial score (nSPS) is 11.1. The van der Waals surface area contributed by atoms with Gasteiger partial charge in [0, 0.05) is 31.0 Å². The Labute approximate surface area is 111 Å². The van der Waals surface area contributed by atoms with Gasteiger partial charge in [-0.15, -0.1) is 0 Å². The molecule has 0 amide bonds. The number of aromatic nitrogens is 3. The van der Waals surface area contributed by atoms with Gasteiger partial charge in [-0.3, -0.25) is 4.98 Å². The van der Waals surface area contributed by atoms with Gasteiger partial charge in [0.05, 0.1) is 11.0 Å². The van der Waals surface area contributed by atoms with Gasteiger partial charge in [-0.2, -0.15) is 0 Å². The number of rotatable bonds is 2. The summed E-state index contributed by atoms with van der Waals surface area (Å²) in [6.07, 6.45) is 1.80. The maximum atomic E-state index is 5.78. The third kappa shape index (κ3) is 1.81. The van der Waals surface area contributed by atoms with Crippen molar-refractivity contribution in [3.63, 3.8) is 0 Å². The highest BCUT2D eigenvalue weighted by Crippen LogP contribution is 2.26. The van der Waals surface area contributed by atoms with Crippen molar-refractivity contribution in [3.8, 4) is 11.4 Å². The quantitative estimate of drug-likeness (QED) is 0.762. The second-order valence-electron chi connectivity index (χ2n) is 4.62. The molecule has 96 valence electrons. The highest BCUT2D eigenvalue weighted by Gasteiger charge is 2.13. The number of pyridine rings is 1. The molecule has 19 heavy (non-hydrogen) atoms. The van der Waals surface area contributed by atoms with Crippen molar-refractivity contribution in [1.29, 1.82) is 0 Å². The number of aryl methyl sites for hydroxylation is 2. The lowest BCUT2D eigenvalue weighted by molar-refractivity contribution is 0.953. The minimum atomic E-state index is 0.500. The monoisotopic (exact) mass is 252 g/mol. The van der Waals surface area contributed by atoms with Crippen molar-refractivity contribution in [2.75, 3.05) is 0 Å². The van der Waals surface area contributed by atoms with Crippen molar-refractivity contribution in [3.05, 3.63) is 47.8 Å². The highest BCUT2D eigenvalue weighted by atomic mass is 15.1. The van der Waals surface area contributed by atoms with Crippen LogP contribution < -0.4 is 5.73 Å². The van der Waals surface area contributed by atoms with E-state index in [1.807, 2.05) is 38.2 Å². The molecule has 3 rings (SSSR count). The van der Waals surface area contributed by atoms with Crippen LogP contribution in [0.1, 0.15) is 11.3 Å². The van der Waals surface area contributed by atoms with Crippen LogP contribution in [-0.4, -0.2) is 14.5 Å². The number of hydrogen-bond acceptors (Lipinski definition) is 3. The van der Waals surface area contributed by atoms with Crippen LogP contribution in [0.25, 0.3) is 22.4 Å². The molecule has 0 aliphatic heterocycles. The maximum absolute atomic E-state index is 5.78. The van der Waals surface area contributed by atoms with Gasteiger partial charge < -0.3 is 10.3 Å². The van der Waals surface area contributed by atoms with Gasteiger partial charge in [0.15, 0.2) is 0 Å². The Morgan fingerprint density at radius 2 is 2.05 bits per heavy atom. The molecule has 2 aromatic heterocycles. The standard InChI is InChI=1S/C15H16N4/c1-10-12(6-4-8-17-10)15-18-14-11(9-16)5-3-7-13(14)19(15)2/h3-8H,9,16H2,1-2H3. The van der Waals surface area contributed by atoms with Gasteiger partial charge in [0.25, 0.3) is 0 Å². The summed E-state index contributed by atoms with van der Waals surface area (Å²) in [5.74, 6) is 0.932. The fourth-order valence-electron chi connectivity index (χ4n) is 2.40. The lowest BCUT2D eigenvalue weighted by Crippen LogP contribution is -1.97. The smallest absolute Gasteiger partial charge is 0.142 e. The summed E-state index contributed by atoms with van der Waals surface area (Å²) in [7, 11) is 2.03. The number of imidazole rings is 1. The maximum Gasteiger partial charge on any atom is 0.142 e. The second kappa shape index (κ2) is 4.48. The molecule has 3 aromatic rings. The Hall–Kier alpha value is -2.20. The fraction of sp³-hybridized carbons (Fsp3) is 0.200. The molecule has 0 saturated heterocycles. The van der Waals surface area contributed by atoms with Gasteiger partial charge >= 0.3 is 0 Å². The fourth-order valence-corrected chi connectivity index (χ4v) is 2.40. The molecule has 0 atom stereocenters. The zero-order valence-electron chi connectivity index (χ0n) is 11.1. The predicted molar refractivity (Wildman–Crippen MR) is 76.6 cm³/mol. The second-order valence-corrected chi connectivity index (χ2v) is 4.62. The summed E-state index contributed by atoms with van der Waals surface area (Å²) in [6.45, 7) is 2.50. The van der Waals surface area contributed by atoms with Crippen LogP contribution in [-0.2, 0) is 13.6 Å². The Morgan fingerprint density at radius 3 is 2.79 bits per heavy atom. The van der Waals surface area contributed by atoms with Crippen molar-refractivity contribution in [2.24, 2.45) is 12.8 Å². The van der Waals surface area contributed by atoms with Crippen molar-refractivity contribution in [1.82, 2.24) is 14.5 Å². The van der Waals surface area contributed by atoms with E-state index in [0.717, 1.165) is 33.7 Å². The first kappa shape index (κ1) is 11.9. The number of para-hydroxylation sites is 1. The van der Waals surface area contributed by atoms with E-state index in [-0.39, 0.29) is 0 Å². The summed E-state index contributed by atoms with van der Waals surface area (Å²) in [6, 6.07) is 10.1. The van der Waals surface area contributed by atoms with Crippen LogP contribution in [0.15, 0.2) is 36.5 Å². The molecule has 2 heterocycles. The molecule has 4 nitrogen and oxygen atoms in total. The molecule has 0 radical (unpaired) electrons. The Morgan fingerprint density at radius 1 is 1.21 bits per heavy atom. The minimum absolute atomic E-state index is 0.500. The largest absolute Gasteiger partial charge is 0.327 e. The Bertz CT molecular complexity index is 743. The average molecular weight is 252 g/mol. The number of hydrogen-bond donors (Lipinski definition) is 1. The minimum Gasteiger partial charge on any atom is -0.327 e. The molecule has 2 N–H and O–H groups in total. The third-order valence-corrected chi connectivity index (χ3v) is 3.46. The van der Waals surface area contributed by atoms with Crippen molar-refractivity contribution < 1.29 is 0 Å². The Balaban J connectivity index is 2.32. The van der Waals surface area contributed by atoms with Gasteiger partial charge in [-0.1, -0.05) is 12.1 Å². The van der Waals surface area contributed by atoms with Crippen LogP contribution in [0, 0.1) is 6.92 Å². The molecular formula is C15H16N4. The van der Waals surface area contributed by atoms with Crippen molar-refractivity contribution >= 4 is 11.0 Å². The van der Waals surface area contributed by atoms with Gasteiger partial charge in [-0.25, -0.2) is 4.98 Å². The van der Waals surface area contributed by atoms with Crippen LogP contribution in [0.4, 0.5) is 0 Å². The zero-order chi connectivity index (χ0) is 13.4. The van der Waals surface area contributed by atoms with E-state index >= 15 is 0 Å². The molecule has 0 aliphatic carbocycles. The van der Waals surface area contributed by atoms with E-state index in [9.17, 15) is 0 Å². The number of benzene rings is 1. The summed E-state index contributed by atoms with van der Waals surface area (Å²) in [4.78, 5) is 9.09. The first-order valence-corrected chi connectivity index (χ1v) is 6.28. The van der Waals surface area contributed by atoms with E-state index < -0.39 is 0 Å². The first-order valence-electron chi connectivity index (χ1n) is 6.28. The first-order chi connectivity index (χ1) is 9.22. The van der Waals surface area contributed by atoms with E-state index in [2.05, 4.69) is 15.6 Å². The highest BCUT2D eigenvalue weighted by molar-refractivity contribution is 5.83.